The number of hydrogen-bond donors (Lipinski definition) is 2. The Kier molecular flexibility index (Phi) is 8.68. The fraction of sp³-hybridized carbons (Fsp3) is 0.414. The first kappa shape index (κ1) is 27.2. The molecular weight excluding hydrogens is 478 g/mol. The molecule has 4 aromatic rings. The summed E-state index contributed by atoms with van der Waals surface area (Å²) in [6.45, 7) is 5.78. The molecule has 0 saturated heterocycles. The lowest BCUT2D eigenvalue weighted by Gasteiger charge is -2.19. The van der Waals surface area contributed by atoms with Crippen LogP contribution in [0.2, 0.25) is 0 Å². The fourth-order valence-electron chi connectivity index (χ4n) is 4.90. The summed E-state index contributed by atoms with van der Waals surface area (Å²) in [5, 5.41) is 0. The van der Waals surface area contributed by atoms with Crippen molar-refractivity contribution in [2.24, 2.45) is 0 Å². The first-order valence-corrected chi connectivity index (χ1v) is 13.3. The highest BCUT2D eigenvalue weighted by Gasteiger charge is 2.24. The van der Waals surface area contributed by atoms with E-state index in [1.165, 1.54) is 4.57 Å². The van der Waals surface area contributed by atoms with E-state index in [-0.39, 0.29) is 17.3 Å². The van der Waals surface area contributed by atoms with Crippen molar-refractivity contribution >= 4 is 16.9 Å². The standard InChI is InChI=1S/C29H39N7O2/c1-5-31-36-25(20-22-13-7-6-8-14-22)32-27-26(36)28(37)35(21(2)12-11-18-33(3)4)29(38)34(27)19-17-23-15-9-10-16-24(23)30/h6-10,13-16,21,31H,5,11-12,17-20,30H2,1-4H3. The predicted octanol–water partition coefficient (Wildman–Crippen LogP) is 3.24. The lowest BCUT2D eigenvalue weighted by atomic mass is 10.1. The zero-order chi connectivity index (χ0) is 27.2. The second-order valence-corrected chi connectivity index (χ2v) is 10.1. The van der Waals surface area contributed by atoms with Gasteiger partial charge in [-0.25, -0.2) is 14.5 Å². The highest BCUT2D eigenvalue weighted by Crippen LogP contribution is 2.18. The first-order valence-electron chi connectivity index (χ1n) is 13.3. The van der Waals surface area contributed by atoms with Crippen molar-refractivity contribution in [1.82, 2.24) is 23.7 Å². The van der Waals surface area contributed by atoms with Crippen LogP contribution in [0, 0.1) is 0 Å². The average molecular weight is 518 g/mol. The molecule has 0 aliphatic rings. The van der Waals surface area contributed by atoms with E-state index in [1.807, 2.05) is 82.5 Å². The average Bonchev–Trinajstić information content (AvgIpc) is 3.23. The number of fused-ring (bicyclic) bond motifs is 1. The van der Waals surface area contributed by atoms with E-state index in [1.54, 1.807) is 9.24 Å². The van der Waals surface area contributed by atoms with Gasteiger partial charge >= 0.3 is 5.69 Å². The van der Waals surface area contributed by atoms with Gasteiger partial charge in [0.1, 0.15) is 5.82 Å². The molecular formula is C29H39N7O2. The largest absolute Gasteiger partial charge is 0.399 e. The zero-order valence-corrected chi connectivity index (χ0v) is 22.9. The number of rotatable bonds is 12. The molecule has 1 unspecified atom stereocenters. The molecule has 0 amide bonds. The van der Waals surface area contributed by atoms with Crippen molar-refractivity contribution in [2.75, 3.05) is 38.3 Å². The molecule has 0 bridgehead atoms. The summed E-state index contributed by atoms with van der Waals surface area (Å²) in [5.41, 5.74) is 12.4. The number of imidazole rings is 1. The molecule has 9 nitrogen and oxygen atoms in total. The third-order valence-corrected chi connectivity index (χ3v) is 6.89. The van der Waals surface area contributed by atoms with Crippen LogP contribution in [0.1, 0.15) is 49.7 Å². The Labute approximate surface area is 223 Å². The molecule has 38 heavy (non-hydrogen) atoms. The lowest BCUT2D eigenvalue weighted by Crippen LogP contribution is -2.43. The molecule has 0 aliphatic carbocycles. The smallest absolute Gasteiger partial charge is 0.333 e. The summed E-state index contributed by atoms with van der Waals surface area (Å²) in [5.74, 6) is 0.690. The van der Waals surface area contributed by atoms with Gasteiger partial charge in [0.15, 0.2) is 11.2 Å². The van der Waals surface area contributed by atoms with E-state index in [0.717, 1.165) is 30.5 Å². The van der Waals surface area contributed by atoms with Crippen LogP contribution in [0.3, 0.4) is 0 Å². The minimum atomic E-state index is -0.332. The Bertz CT molecular complexity index is 1480. The molecule has 0 spiro atoms. The third-order valence-electron chi connectivity index (χ3n) is 6.89. The van der Waals surface area contributed by atoms with E-state index in [0.29, 0.717) is 48.6 Å². The molecule has 0 saturated carbocycles. The molecule has 1 atom stereocenters. The van der Waals surface area contributed by atoms with Crippen molar-refractivity contribution in [3.8, 4) is 0 Å². The number of para-hydroxylation sites is 1. The molecule has 0 radical (unpaired) electrons. The molecule has 2 aromatic heterocycles. The zero-order valence-electron chi connectivity index (χ0n) is 22.9. The Hall–Kier alpha value is -3.85. The molecule has 2 heterocycles. The monoisotopic (exact) mass is 517 g/mol. The van der Waals surface area contributed by atoms with Crippen molar-refractivity contribution in [3.05, 3.63) is 92.4 Å². The number of aryl methyl sites for hydroxylation is 2. The van der Waals surface area contributed by atoms with Gasteiger partial charge < -0.3 is 16.1 Å². The number of nitrogens with one attached hydrogen (secondary N) is 1. The number of aromatic nitrogens is 4. The van der Waals surface area contributed by atoms with Crippen molar-refractivity contribution in [3.63, 3.8) is 0 Å². The summed E-state index contributed by atoms with van der Waals surface area (Å²) in [7, 11) is 4.04. The van der Waals surface area contributed by atoms with Crippen molar-refractivity contribution in [1.29, 1.82) is 0 Å². The van der Waals surface area contributed by atoms with Gasteiger partial charge in [0.2, 0.25) is 0 Å². The molecule has 3 N–H and O–H groups in total. The van der Waals surface area contributed by atoms with Gasteiger partial charge in [-0.05, 0) is 70.9 Å². The summed E-state index contributed by atoms with van der Waals surface area (Å²) in [6, 6.07) is 17.4. The summed E-state index contributed by atoms with van der Waals surface area (Å²) in [4.78, 5) is 34.8. The molecule has 4 rings (SSSR count). The fourth-order valence-corrected chi connectivity index (χ4v) is 4.90. The summed E-state index contributed by atoms with van der Waals surface area (Å²) >= 11 is 0. The summed E-state index contributed by atoms with van der Waals surface area (Å²) in [6.07, 6.45) is 2.68. The number of anilines is 1. The molecule has 2 aromatic carbocycles. The second kappa shape index (κ2) is 12.1. The maximum Gasteiger partial charge on any atom is 0.333 e. The van der Waals surface area contributed by atoms with E-state index >= 15 is 0 Å². The predicted molar refractivity (Wildman–Crippen MR) is 154 cm³/mol. The van der Waals surface area contributed by atoms with Crippen LogP contribution < -0.4 is 22.4 Å². The first-order chi connectivity index (χ1) is 18.3. The van der Waals surface area contributed by atoms with Crippen LogP contribution in [0.25, 0.3) is 11.2 Å². The minimum Gasteiger partial charge on any atom is -0.399 e. The molecule has 9 heteroatoms. The highest BCUT2D eigenvalue weighted by atomic mass is 16.2. The number of nitrogens with zero attached hydrogens (tertiary/aromatic N) is 5. The maximum absolute atomic E-state index is 13.9. The number of hydrogen-bond acceptors (Lipinski definition) is 6. The van der Waals surface area contributed by atoms with Crippen LogP contribution >= 0.6 is 0 Å². The van der Waals surface area contributed by atoms with Crippen LogP contribution in [0.4, 0.5) is 5.69 Å². The maximum atomic E-state index is 13.9. The van der Waals surface area contributed by atoms with Crippen LogP contribution in [-0.4, -0.2) is 50.9 Å². The van der Waals surface area contributed by atoms with E-state index in [2.05, 4.69) is 10.3 Å². The van der Waals surface area contributed by atoms with Crippen LogP contribution in [0.15, 0.2) is 64.2 Å². The minimum absolute atomic E-state index is 0.255. The third kappa shape index (κ3) is 5.83. The SMILES string of the molecule is CCNn1c(Cc2ccccc2)nc2c1c(=O)n(C(C)CCCN(C)C)c(=O)n2CCc1ccccc1N. The lowest BCUT2D eigenvalue weighted by molar-refractivity contribution is 0.362. The normalized spacial score (nSPS) is 12.3. The van der Waals surface area contributed by atoms with Gasteiger partial charge in [-0.1, -0.05) is 48.5 Å². The van der Waals surface area contributed by atoms with E-state index < -0.39 is 0 Å². The Morgan fingerprint density at radius 2 is 1.76 bits per heavy atom. The van der Waals surface area contributed by atoms with Gasteiger partial charge in [-0.2, -0.15) is 0 Å². The van der Waals surface area contributed by atoms with Gasteiger partial charge in [0.25, 0.3) is 5.56 Å². The van der Waals surface area contributed by atoms with E-state index in [4.69, 9.17) is 10.7 Å². The molecule has 0 aliphatic heterocycles. The summed E-state index contributed by atoms with van der Waals surface area (Å²) < 4.78 is 4.84. The second-order valence-electron chi connectivity index (χ2n) is 10.1. The van der Waals surface area contributed by atoms with Crippen molar-refractivity contribution < 1.29 is 0 Å². The van der Waals surface area contributed by atoms with Crippen LogP contribution in [-0.2, 0) is 19.4 Å². The van der Waals surface area contributed by atoms with Gasteiger partial charge in [0.05, 0.1) is 0 Å². The quantitative estimate of drug-likeness (QED) is 0.280. The highest BCUT2D eigenvalue weighted by molar-refractivity contribution is 5.72. The Morgan fingerprint density at radius 1 is 1.05 bits per heavy atom. The van der Waals surface area contributed by atoms with E-state index in [9.17, 15) is 9.59 Å². The van der Waals surface area contributed by atoms with Crippen LogP contribution in [0.5, 0.6) is 0 Å². The Morgan fingerprint density at radius 3 is 2.45 bits per heavy atom. The van der Waals surface area contributed by atoms with Gasteiger partial charge in [-0.3, -0.25) is 13.9 Å². The Balaban J connectivity index is 1.87. The number of nitrogen functional groups attached to an aromatic ring is 1. The number of benzene rings is 2. The number of nitrogens with two attached hydrogens (primary N) is 1. The topological polar surface area (TPSA) is 103 Å². The molecule has 202 valence electrons. The van der Waals surface area contributed by atoms with Gasteiger partial charge in [0, 0.05) is 31.2 Å². The molecule has 0 fully saturated rings. The van der Waals surface area contributed by atoms with Gasteiger partial charge in [-0.15, -0.1) is 0 Å². The van der Waals surface area contributed by atoms with Crippen molar-refractivity contribution in [2.45, 2.75) is 52.1 Å².